The fourth-order valence-corrected chi connectivity index (χ4v) is 5.03. The summed E-state index contributed by atoms with van der Waals surface area (Å²) < 4.78 is 11.1. The number of nitrogens with two attached hydrogens (primary N) is 1. The van der Waals surface area contributed by atoms with Gasteiger partial charge in [-0.05, 0) is 49.3 Å². The van der Waals surface area contributed by atoms with Crippen LogP contribution in [0.25, 0.3) is 11.1 Å². The normalized spacial score (nSPS) is 20.5. The van der Waals surface area contributed by atoms with Gasteiger partial charge in [-0.2, -0.15) is 0 Å². The number of piperidine rings is 1. The summed E-state index contributed by atoms with van der Waals surface area (Å²) in [5.74, 6) is 0.422. The average molecular weight is 437 g/mol. The van der Waals surface area contributed by atoms with Crippen LogP contribution in [0.1, 0.15) is 31.2 Å². The van der Waals surface area contributed by atoms with Gasteiger partial charge in [-0.25, -0.2) is 0 Å². The van der Waals surface area contributed by atoms with Gasteiger partial charge < -0.3 is 20.1 Å². The summed E-state index contributed by atoms with van der Waals surface area (Å²) in [4.78, 5) is 27.3. The van der Waals surface area contributed by atoms with Gasteiger partial charge in [0.15, 0.2) is 0 Å². The van der Waals surface area contributed by atoms with Gasteiger partial charge in [0.05, 0.1) is 18.4 Å². The molecule has 1 atom stereocenters. The van der Waals surface area contributed by atoms with Gasteiger partial charge in [-0.1, -0.05) is 42.5 Å². The number of ether oxygens (including phenoxy) is 2. The topological polar surface area (TPSA) is 81.9 Å². The second-order valence-electron chi connectivity index (χ2n) is 8.96. The fraction of sp³-hybridized carbons (Fsp3) is 0.462. The Balaban J connectivity index is 1.55. The predicted molar refractivity (Wildman–Crippen MR) is 123 cm³/mol. The summed E-state index contributed by atoms with van der Waals surface area (Å²) in [6.07, 6.45) is 3.63. The second kappa shape index (κ2) is 9.74. The van der Waals surface area contributed by atoms with Crippen molar-refractivity contribution in [2.24, 2.45) is 17.1 Å². The lowest BCUT2D eigenvalue weighted by Crippen LogP contribution is -2.52. The number of hydrogen-bond donors (Lipinski definition) is 1. The molecule has 2 saturated heterocycles. The van der Waals surface area contributed by atoms with E-state index in [1.807, 2.05) is 29.2 Å². The molecule has 6 nitrogen and oxygen atoms in total. The minimum Gasteiger partial charge on any atom is -0.496 e. The Bertz CT molecular complexity index is 951. The molecule has 0 unspecified atom stereocenters. The highest BCUT2D eigenvalue weighted by Crippen LogP contribution is 2.38. The largest absolute Gasteiger partial charge is 0.496 e. The van der Waals surface area contributed by atoms with Crippen molar-refractivity contribution in [3.8, 4) is 16.9 Å². The summed E-state index contributed by atoms with van der Waals surface area (Å²) in [7, 11) is 1.68. The van der Waals surface area contributed by atoms with Gasteiger partial charge in [0.25, 0.3) is 0 Å². The number of amides is 2. The van der Waals surface area contributed by atoms with E-state index >= 15 is 0 Å². The van der Waals surface area contributed by atoms with Crippen LogP contribution in [0.4, 0.5) is 0 Å². The first-order chi connectivity index (χ1) is 15.5. The molecule has 2 aliphatic rings. The highest BCUT2D eigenvalue weighted by atomic mass is 16.5. The van der Waals surface area contributed by atoms with Crippen molar-refractivity contribution in [2.75, 3.05) is 33.4 Å². The average Bonchev–Trinajstić information content (AvgIpc) is 2.84. The van der Waals surface area contributed by atoms with Crippen LogP contribution in [0.2, 0.25) is 0 Å². The van der Waals surface area contributed by atoms with Crippen molar-refractivity contribution in [3.05, 3.63) is 54.1 Å². The van der Waals surface area contributed by atoms with Gasteiger partial charge in [0.2, 0.25) is 11.8 Å². The van der Waals surface area contributed by atoms with Crippen molar-refractivity contribution in [3.63, 3.8) is 0 Å². The number of nitrogens with zero attached hydrogens (tertiary/aromatic N) is 1. The highest BCUT2D eigenvalue weighted by molar-refractivity contribution is 5.85. The van der Waals surface area contributed by atoms with Crippen LogP contribution >= 0.6 is 0 Å². The number of para-hydroxylation sites is 1. The molecule has 2 aromatic carbocycles. The zero-order valence-corrected chi connectivity index (χ0v) is 18.7. The smallest absolute Gasteiger partial charge is 0.229 e. The molecule has 0 aliphatic carbocycles. The fourth-order valence-electron chi connectivity index (χ4n) is 5.03. The maximum atomic E-state index is 13.7. The van der Waals surface area contributed by atoms with Crippen LogP contribution in [0, 0.1) is 11.3 Å². The van der Waals surface area contributed by atoms with Crippen molar-refractivity contribution >= 4 is 11.8 Å². The molecule has 32 heavy (non-hydrogen) atoms. The molecule has 6 heteroatoms. The molecule has 2 heterocycles. The SMILES string of the molecule is COc1ccccc1-c1ccc(CC2(C(=O)N3CCC[C@@H](C(N)=O)C3)CCOCC2)cc1. The van der Waals surface area contributed by atoms with Crippen molar-refractivity contribution in [2.45, 2.75) is 32.1 Å². The third-order valence-electron chi connectivity index (χ3n) is 6.93. The number of benzene rings is 2. The van der Waals surface area contributed by atoms with E-state index < -0.39 is 5.41 Å². The highest BCUT2D eigenvalue weighted by Gasteiger charge is 2.43. The van der Waals surface area contributed by atoms with Crippen molar-refractivity contribution in [1.29, 1.82) is 0 Å². The minimum atomic E-state index is -0.496. The number of likely N-dealkylation sites (tertiary alicyclic amines) is 1. The minimum absolute atomic E-state index is 0.139. The maximum Gasteiger partial charge on any atom is 0.229 e. The van der Waals surface area contributed by atoms with Gasteiger partial charge in [0, 0.05) is 31.9 Å². The Hall–Kier alpha value is -2.86. The van der Waals surface area contributed by atoms with Crippen LogP contribution in [0.3, 0.4) is 0 Å². The van der Waals surface area contributed by atoms with Crippen LogP contribution in [0.15, 0.2) is 48.5 Å². The first-order valence-corrected chi connectivity index (χ1v) is 11.4. The Morgan fingerprint density at radius 1 is 1.12 bits per heavy atom. The molecule has 0 bridgehead atoms. The molecule has 4 rings (SSSR count). The molecule has 2 fully saturated rings. The summed E-state index contributed by atoms with van der Waals surface area (Å²) in [5.41, 5.74) is 8.30. The zero-order valence-electron chi connectivity index (χ0n) is 18.7. The molecular formula is C26H32N2O4. The number of primary amides is 1. The molecule has 2 N–H and O–H groups in total. The number of carbonyl (C=O) groups is 2. The van der Waals surface area contributed by atoms with E-state index in [1.165, 1.54) is 0 Å². The maximum absolute atomic E-state index is 13.7. The van der Waals surface area contributed by atoms with Crippen LogP contribution < -0.4 is 10.5 Å². The molecule has 0 aromatic heterocycles. The number of hydrogen-bond acceptors (Lipinski definition) is 4. The molecule has 2 amide bonds. The van der Waals surface area contributed by atoms with Crippen molar-refractivity contribution in [1.82, 2.24) is 4.90 Å². The van der Waals surface area contributed by atoms with Gasteiger partial charge in [-0.15, -0.1) is 0 Å². The molecular weight excluding hydrogens is 404 g/mol. The van der Waals surface area contributed by atoms with Crippen LogP contribution in [0.5, 0.6) is 5.75 Å². The zero-order chi connectivity index (χ0) is 22.6. The third-order valence-corrected chi connectivity index (χ3v) is 6.93. The van der Waals surface area contributed by atoms with E-state index in [9.17, 15) is 9.59 Å². The first kappa shape index (κ1) is 22.3. The van der Waals surface area contributed by atoms with Gasteiger partial charge >= 0.3 is 0 Å². The third kappa shape index (κ3) is 4.65. The van der Waals surface area contributed by atoms with Crippen LogP contribution in [-0.4, -0.2) is 50.1 Å². The quantitative estimate of drug-likeness (QED) is 0.752. The van der Waals surface area contributed by atoms with E-state index in [0.29, 0.717) is 45.6 Å². The summed E-state index contributed by atoms with van der Waals surface area (Å²) in [5, 5.41) is 0. The van der Waals surface area contributed by atoms with Gasteiger partial charge in [-0.3, -0.25) is 9.59 Å². The van der Waals surface area contributed by atoms with Crippen molar-refractivity contribution < 1.29 is 19.1 Å². The standard InChI is InChI=1S/C26H32N2O4/c1-31-23-7-3-2-6-22(23)20-10-8-19(9-11-20)17-26(12-15-32-16-13-26)25(30)28-14-4-5-21(18-28)24(27)29/h2-3,6-11,21H,4-5,12-18H2,1H3,(H2,27,29)/t21-/m1/s1. The Kier molecular flexibility index (Phi) is 6.80. The monoisotopic (exact) mass is 436 g/mol. The lowest BCUT2D eigenvalue weighted by atomic mass is 9.73. The molecule has 0 saturated carbocycles. The second-order valence-corrected chi connectivity index (χ2v) is 8.96. The Morgan fingerprint density at radius 2 is 1.84 bits per heavy atom. The van der Waals surface area contributed by atoms with E-state index in [0.717, 1.165) is 35.3 Å². The number of carbonyl (C=O) groups excluding carboxylic acids is 2. The summed E-state index contributed by atoms with van der Waals surface area (Å²) in [6, 6.07) is 16.4. The van der Waals surface area contributed by atoms with Crippen LogP contribution in [-0.2, 0) is 20.7 Å². The van der Waals surface area contributed by atoms with E-state index in [-0.39, 0.29) is 17.7 Å². The summed E-state index contributed by atoms with van der Waals surface area (Å²) in [6.45, 7) is 2.29. The number of methoxy groups -OCH3 is 1. The number of rotatable bonds is 6. The predicted octanol–water partition coefficient (Wildman–Crippen LogP) is 3.43. The van der Waals surface area contributed by atoms with E-state index in [2.05, 4.69) is 24.3 Å². The van der Waals surface area contributed by atoms with E-state index in [4.69, 9.17) is 15.2 Å². The lowest BCUT2D eigenvalue weighted by molar-refractivity contribution is -0.150. The van der Waals surface area contributed by atoms with E-state index in [1.54, 1.807) is 7.11 Å². The lowest BCUT2D eigenvalue weighted by Gasteiger charge is -2.42. The molecule has 0 spiro atoms. The Labute approximate surface area is 189 Å². The first-order valence-electron chi connectivity index (χ1n) is 11.4. The molecule has 0 radical (unpaired) electrons. The van der Waals surface area contributed by atoms with Gasteiger partial charge in [0.1, 0.15) is 5.75 Å². The summed E-state index contributed by atoms with van der Waals surface area (Å²) >= 11 is 0. The molecule has 2 aliphatic heterocycles. The molecule has 170 valence electrons. The Morgan fingerprint density at radius 3 is 2.53 bits per heavy atom. The molecule has 2 aromatic rings.